The highest BCUT2D eigenvalue weighted by atomic mass is 35.5. The molecule has 0 radical (unpaired) electrons. The molecule has 0 N–H and O–H groups in total. The van der Waals surface area contributed by atoms with E-state index in [1.165, 1.54) is 0 Å². The topological polar surface area (TPSA) is 20.3 Å². The second kappa shape index (κ2) is 3.79. The molecule has 0 aromatic heterocycles. The molecule has 2 rings (SSSR count). The second-order valence-electron chi connectivity index (χ2n) is 3.27. The molecule has 0 atom stereocenters. The molecular formula is C10H9Cl2NO. The lowest BCUT2D eigenvalue weighted by molar-refractivity contribution is 0.0652. The molecule has 1 amide bonds. The van der Waals surface area contributed by atoms with E-state index in [4.69, 9.17) is 23.2 Å². The Bertz CT molecular complexity index is 374. The lowest BCUT2D eigenvalue weighted by Gasteiger charge is -2.30. The number of carbonyl (C=O) groups excluding carboxylic acids is 1. The lowest BCUT2D eigenvalue weighted by Crippen LogP contribution is -2.41. The summed E-state index contributed by atoms with van der Waals surface area (Å²) >= 11 is 11.6. The molecule has 1 fully saturated rings. The van der Waals surface area contributed by atoms with Crippen molar-refractivity contribution in [3.8, 4) is 0 Å². The molecule has 74 valence electrons. The van der Waals surface area contributed by atoms with Crippen LogP contribution in [0.1, 0.15) is 16.8 Å². The lowest BCUT2D eigenvalue weighted by atomic mass is 10.1. The zero-order chi connectivity index (χ0) is 10.1. The summed E-state index contributed by atoms with van der Waals surface area (Å²) in [5.41, 5.74) is 0.610. The predicted molar refractivity (Wildman–Crippen MR) is 57.0 cm³/mol. The number of likely N-dealkylation sites (tertiary alicyclic amines) is 1. The van der Waals surface area contributed by atoms with Gasteiger partial charge in [-0.1, -0.05) is 23.2 Å². The molecule has 1 aromatic carbocycles. The third-order valence-corrected chi connectivity index (χ3v) is 3.05. The maximum absolute atomic E-state index is 11.7. The minimum absolute atomic E-state index is 0.0369. The molecule has 0 spiro atoms. The SMILES string of the molecule is O=C(c1ccc(Cl)c(Cl)c1)N1CCC1. The van der Waals surface area contributed by atoms with Gasteiger partial charge in [-0.3, -0.25) is 4.79 Å². The fourth-order valence-electron chi connectivity index (χ4n) is 1.33. The molecule has 0 unspecified atom stereocenters. The standard InChI is InChI=1S/C10H9Cl2NO/c11-8-3-2-7(6-9(8)12)10(14)13-4-1-5-13/h2-3,6H,1,4-5H2. The van der Waals surface area contributed by atoms with Gasteiger partial charge in [-0.05, 0) is 24.6 Å². The third kappa shape index (κ3) is 1.72. The van der Waals surface area contributed by atoms with E-state index in [1.807, 2.05) is 0 Å². The van der Waals surface area contributed by atoms with Crippen molar-refractivity contribution in [3.05, 3.63) is 33.8 Å². The Morgan fingerprint density at radius 1 is 1.21 bits per heavy atom. The summed E-state index contributed by atoms with van der Waals surface area (Å²) in [5, 5.41) is 0.907. The van der Waals surface area contributed by atoms with Crippen molar-refractivity contribution in [2.45, 2.75) is 6.42 Å². The zero-order valence-electron chi connectivity index (χ0n) is 7.46. The van der Waals surface area contributed by atoms with Crippen LogP contribution in [0.4, 0.5) is 0 Å². The highest BCUT2D eigenvalue weighted by Crippen LogP contribution is 2.24. The van der Waals surface area contributed by atoms with Crippen molar-refractivity contribution in [2.75, 3.05) is 13.1 Å². The number of carbonyl (C=O) groups is 1. The molecule has 0 bridgehead atoms. The summed E-state index contributed by atoms with van der Waals surface area (Å²) in [6.45, 7) is 1.69. The Morgan fingerprint density at radius 3 is 2.43 bits per heavy atom. The van der Waals surface area contributed by atoms with Crippen LogP contribution in [0.5, 0.6) is 0 Å². The highest BCUT2D eigenvalue weighted by Gasteiger charge is 2.21. The Morgan fingerprint density at radius 2 is 1.93 bits per heavy atom. The molecule has 1 heterocycles. The minimum Gasteiger partial charge on any atom is -0.339 e. The van der Waals surface area contributed by atoms with E-state index in [0.717, 1.165) is 19.5 Å². The van der Waals surface area contributed by atoms with Crippen LogP contribution in [0.15, 0.2) is 18.2 Å². The summed E-state index contributed by atoms with van der Waals surface area (Å²) in [6.07, 6.45) is 1.09. The smallest absolute Gasteiger partial charge is 0.253 e. The van der Waals surface area contributed by atoms with E-state index in [0.29, 0.717) is 15.6 Å². The molecule has 1 saturated heterocycles. The average Bonchev–Trinajstić information content (AvgIpc) is 2.06. The summed E-state index contributed by atoms with van der Waals surface area (Å²) in [4.78, 5) is 13.5. The quantitative estimate of drug-likeness (QED) is 0.726. The monoisotopic (exact) mass is 229 g/mol. The first-order valence-electron chi connectivity index (χ1n) is 4.43. The summed E-state index contributed by atoms with van der Waals surface area (Å²) in [7, 11) is 0. The van der Waals surface area contributed by atoms with Crippen LogP contribution in [0.25, 0.3) is 0 Å². The molecule has 0 saturated carbocycles. The predicted octanol–water partition coefficient (Wildman–Crippen LogP) is 2.84. The first kappa shape index (κ1) is 9.81. The Labute approximate surface area is 92.4 Å². The normalized spacial score (nSPS) is 15.1. The number of rotatable bonds is 1. The van der Waals surface area contributed by atoms with Crippen LogP contribution in [0.3, 0.4) is 0 Å². The number of hydrogen-bond acceptors (Lipinski definition) is 1. The van der Waals surface area contributed by atoms with Crippen molar-refractivity contribution in [1.29, 1.82) is 0 Å². The van der Waals surface area contributed by atoms with E-state index in [1.54, 1.807) is 23.1 Å². The van der Waals surface area contributed by atoms with E-state index in [-0.39, 0.29) is 5.91 Å². The number of nitrogens with zero attached hydrogens (tertiary/aromatic N) is 1. The first-order chi connectivity index (χ1) is 6.68. The van der Waals surface area contributed by atoms with Crippen molar-refractivity contribution in [1.82, 2.24) is 4.90 Å². The summed E-state index contributed by atoms with van der Waals surface area (Å²) in [5.74, 6) is 0.0369. The molecule has 14 heavy (non-hydrogen) atoms. The fourth-order valence-corrected chi connectivity index (χ4v) is 1.63. The van der Waals surface area contributed by atoms with Crippen LogP contribution in [-0.2, 0) is 0 Å². The summed E-state index contributed by atoms with van der Waals surface area (Å²) < 4.78 is 0. The molecular weight excluding hydrogens is 221 g/mol. The molecule has 1 aliphatic rings. The maximum Gasteiger partial charge on any atom is 0.253 e. The maximum atomic E-state index is 11.7. The van der Waals surface area contributed by atoms with Gasteiger partial charge >= 0.3 is 0 Å². The molecule has 1 aromatic rings. The van der Waals surface area contributed by atoms with Gasteiger partial charge in [0.1, 0.15) is 0 Å². The minimum atomic E-state index is 0.0369. The van der Waals surface area contributed by atoms with Crippen LogP contribution in [0, 0.1) is 0 Å². The van der Waals surface area contributed by atoms with Gasteiger partial charge in [0.2, 0.25) is 0 Å². The summed E-state index contributed by atoms with van der Waals surface area (Å²) in [6, 6.07) is 4.97. The highest BCUT2D eigenvalue weighted by molar-refractivity contribution is 6.42. The van der Waals surface area contributed by atoms with Crippen LogP contribution in [0.2, 0.25) is 10.0 Å². The molecule has 4 heteroatoms. The number of benzene rings is 1. The fraction of sp³-hybridized carbons (Fsp3) is 0.300. The number of hydrogen-bond donors (Lipinski definition) is 0. The van der Waals surface area contributed by atoms with Crippen molar-refractivity contribution in [2.24, 2.45) is 0 Å². The molecule has 0 aliphatic carbocycles. The zero-order valence-corrected chi connectivity index (χ0v) is 8.98. The largest absolute Gasteiger partial charge is 0.339 e. The Balaban J connectivity index is 2.23. The van der Waals surface area contributed by atoms with Crippen LogP contribution < -0.4 is 0 Å². The van der Waals surface area contributed by atoms with Gasteiger partial charge in [0.15, 0.2) is 0 Å². The van der Waals surface area contributed by atoms with Crippen molar-refractivity contribution < 1.29 is 4.79 Å². The Kier molecular flexibility index (Phi) is 2.66. The van der Waals surface area contributed by atoms with E-state index >= 15 is 0 Å². The number of halogens is 2. The van der Waals surface area contributed by atoms with Crippen LogP contribution in [-0.4, -0.2) is 23.9 Å². The number of amides is 1. The van der Waals surface area contributed by atoms with E-state index in [9.17, 15) is 4.79 Å². The average molecular weight is 230 g/mol. The molecule has 1 aliphatic heterocycles. The van der Waals surface area contributed by atoms with Gasteiger partial charge < -0.3 is 4.90 Å². The van der Waals surface area contributed by atoms with Crippen molar-refractivity contribution in [3.63, 3.8) is 0 Å². The van der Waals surface area contributed by atoms with Gasteiger partial charge in [-0.15, -0.1) is 0 Å². The van der Waals surface area contributed by atoms with Crippen molar-refractivity contribution >= 4 is 29.1 Å². The van der Waals surface area contributed by atoms with Gasteiger partial charge in [0, 0.05) is 18.7 Å². The second-order valence-corrected chi connectivity index (χ2v) is 4.09. The van der Waals surface area contributed by atoms with Crippen LogP contribution >= 0.6 is 23.2 Å². The van der Waals surface area contributed by atoms with Gasteiger partial charge in [0.25, 0.3) is 5.91 Å². The van der Waals surface area contributed by atoms with E-state index < -0.39 is 0 Å². The Hall–Kier alpha value is -0.730. The molecule has 2 nitrogen and oxygen atoms in total. The van der Waals surface area contributed by atoms with E-state index in [2.05, 4.69) is 0 Å². The third-order valence-electron chi connectivity index (χ3n) is 2.31. The van der Waals surface area contributed by atoms with Gasteiger partial charge in [-0.2, -0.15) is 0 Å². The van der Waals surface area contributed by atoms with Gasteiger partial charge in [0.05, 0.1) is 10.0 Å². The van der Waals surface area contributed by atoms with Gasteiger partial charge in [-0.25, -0.2) is 0 Å². The first-order valence-corrected chi connectivity index (χ1v) is 5.18.